The highest BCUT2D eigenvalue weighted by Gasteiger charge is 2.18. The Morgan fingerprint density at radius 3 is 1.69 bits per heavy atom. The molecule has 0 saturated heterocycles. The second-order valence-corrected chi connectivity index (χ2v) is 3.09. The van der Waals surface area contributed by atoms with Crippen molar-refractivity contribution in [3.8, 4) is 0 Å². The minimum absolute atomic E-state index is 0.00901. The van der Waals surface area contributed by atoms with E-state index in [0.29, 0.717) is 0 Å². The Morgan fingerprint density at radius 1 is 1.15 bits per heavy atom. The molecule has 0 unspecified atom stereocenters. The van der Waals surface area contributed by atoms with E-state index in [4.69, 9.17) is 4.89 Å². The molecule has 0 aliphatic carbocycles. The van der Waals surface area contributed by atoms with Gasteiger partial charge in [0.1, 0.15) is 0 Å². The monoisotopic (exact) mass is 206 g/mol. The fourth-order valence-electron chi connectivity index (χ4n) is 0.331. The van der Waals surface area contributed by atoms with Crippen LogP contribution in [0.5, 0.6) is 0 Å². The highest BCUT2D eigenvalue weighted by molar-refractivity contribution is 7.47. The Balaban J connectivity index is 0. The van der Waals surface area contributed by atoms with Gasteiger partial charge in [0.05, 0.1) is 13.2 Å². The van der Waals surface area contributed by atoms with Crippen molar-refractivity contribution < 1.29 is 18.5 Å². The van der Waals surface area contributed by atoms with E-state index >= 15 is 0 Å². The molecule has 0 radical (unpaired) electrons. The number of phosphoric acid groups is 1. The van der Waals surface area contributed by atoms with Gasteiger partial charge in [-0.2, -0.15) is 0 Å². The van der Waals surface area contributed by atoms with Crippen LogP contribution in [0, 0.1) is 0 Å². The lowest BCUT2D eigenvalue weighted by Crippen LogP contribution is -1.94. The maximum atomic E-state index is 10.7. The molecule has 0 fully saturated rings. The summed E-state index contributed by atoms with van der Waals surface area (Å²) < 4.78 is 19.6. The summed E-state index contributed by atoms with van der Waals surface area (Å²) in [6, 6.07) is 0. The molecule has 0 amide bonds. The smallest absolute Gasteiger partial charge is 0.302 e. The van der Waals surface area contributed by atoms with E-state index in [2.05, 4.69) is 35.4 Å². The Morgan fingerprint density at radius 2 is 1.46 bits per heavy atom. The van der Waals surface area contributed by atoms with Crippen LogP contribution >= 0.6 is 7.82 Å². The summed E-state index contributed by atoms with van der Waals surface area (Å²) in [5, 5.41) is 0. The van der Waals surface area contributed by atoms with Crippen LogP contribution in [-0.4, -0.2) is 18.1 Å². The Bertz CT molecular complexity index is 175. The standard InChI is InChI=1S/C6H11O4P.C2H4/c1-3-5-9-11(7,8)10-6-4-2;1-2/h3-4H,1-2,5-6H2,(H,7,8);1-2H2. The van der Waals surface area contributed by atoms with Crippen LogP contribution < -0.4 is 0 Å². The van der Waals surface area contributed by atoms with Gasteiger partial charge in [0.2, 0.25) is 0 Å². The van der Waals surface area contributed by atoms with Gasteiger partial charge in [0, 0.05) is 0 Å². The lowest BCUT2D eigenvalue weighted by molar-refractivity contribution is 0.174. The summed E-state index contributed by atoms with van der Waals surface area (Å²) in [5.74, 6) is 0. The molecule has 0 bridgehead atoms. The third kappa shape index (κ3) is 11.3. The van der Waals surface area contributed by atoms with Gasteiger partial charge < -0.3 is 4.89 Å². The van der Waals surface area contributed by atoms with Gasteiger partial charge >= 0.3 is 7.82 Å². The van der Waals surface area contributed by atoms with E-state index in [-0.39, 0.29) is 13.2 Å². The van der Waals surface area contributed by atoms with Crippen LogP contribution in [0.3, 0.4) is 0 Å². The van der Waals surface area contributed by atoms with Gasteiger partial charge in [-0.05, 0) is 0 Å². The van der Waals surface area contributed by atoms with Crippen molar-refractivity contribution in [3.63, 3.8) is 0 Å². The zero-order valence-corrected chi connectivity index (χ0v) is 8.41. The van der Waals surface area contributed by atoms with Crippen molar-refractivity contribution in [2.75, 3.05) is 13.2 Å². The summed E-state index contributed by atoms with van der Waals surface area (Å²) in [4.78, 5) is 8.79. The van der Waals surface area contributed by atoms with Gasteiger partial charge in [-0.25, -0.2) is 4.57 Å². The summed E-state index contributed by atoms with van der Waals surface area (Å²) >= 11 is 0. The van der Waals surface area contributed by atoms with Crippen LogP contribution in [0.2, 0.25) is 0 Å². The predicted molar refractivity (Wildman–Crippen MR) is 53.4 cm³/mol. The maximum absolute atomic E-state index is 10.7. The average molecular weight is 206 g/mol. The molecular weight excluding hydrogens is 191 g/mol. The first-order chi connectivity index (χ1) is 6.12. The van der Waals surface area contributed by atoms with Crippen molar-refractivity contribution >= 4 is 7.82 Å². The van der Waals surface area contributed by atoms with E-state index < -0.39 is 7.82 Å². The molecule has 0 aromatic rings. The molecule has 76 valence electrons. The van der Waals surface area contributed by atoms with Crippen molar-refractivity contribution in [1.29, 1.82) is 0 Å². The fourth-order valence-corrected chi connectivity index (χ4v) is 0.993. The SMILES string of the molecule is C=C.C=CCOP(=O)(O)OCC=C. The number of rotatable bonds is 6. The van der Waals surface area contributed by atoms with Crippen LogP contribution in [0.25, 0.3) is 0 Å². The first-order valence-corrected chi connectivity index (χ1v) is 4.95. The van der Waals surface area contributed by atoms with Gasteiger partial charge in [0.15, 0.2) is 0 Å². The molecule has 0 atom stereocenters. The lowest BCUT2D eigenvalue weighted by atomic mass is 10.7. The lowest BCUT2D eigenvalue weighted by Gasteiger charge is -2.08. The minimum Gasteiger partial charge on any atom is -0.302 e. The molecule has 0 heterocycles. The van der Waals surface area contributed by atoms with E-state index in [0.717, 1.165) is 0 Å². The zero-order valence-electron chi connectivity index (χ0n) is 7.52. The van der Waals surface area contributed by atoms with Gasteiger partial charge in [-0.3, -0.25) is 9.05 Å². The Kier molecular flexibility index (Phi) is 10.7. The van der Waals surface area contributed by atoms with E-state index in [1.807, 2.05) is 0 Å². The van der Waals surface area contributed by atoms with Crippen LogP contribution in [0.1, 0.15) is 0 Å². The molecule has 0 spiro atoms. The normalized spacial score (nSPS) is 9.62. The Hall–Kier alpha value is -0.670. The summed E-state index contributed by atoms with van der Waals surface area (Å²) in [6.45, 7) is 12.6. The minimum atomic E-state index is -3.87. The third-order valence-electron chi connectivity index (χ3n) is 0.711. The van der Waals surface area contributed by atoms with Crippen molar-refractivity contribution in [2.24, 2.45) is 0 Å². The fraction of sp³-hybridized carbons (Fsp3) is 0.250. The van der Waals surface area contributed by atoms with E-state index in [1.54, 1.807) is 0 Å². The summed E-state index contributed by atoms with van der Waals surface area (Å²) in [5.41, 5.74) is 0. The molecule has 0 rings (SSSR count). The van der Waals surface area contributed by atoms with Gasteiger partial charge in [0.25, 0.3) is 0 Å². The van der Waals surface area contributed by atoms with E-state index in [1.165, 1.54) is 12.2 Å². The topological polar surface area (TPSA) is 55.8 Å². The zero-order chi connectivity index (χ0) is 10.7. The molecule has 1 N–H and O–H groups in total. The van der Waals surface area contributed by atoms with Crippen molar-refractivity contribution in [2.45, 2.75) is 0 Å². The first kappa shape index (κ1) is 14.8. The second kappa shape index (κ2) is 9.42. The van der Waals surface area contributed by atoms with Crippen LogP contribution in [0.15, 0.2) is 38.5 Å². The molecule has 0 aromatic carbocycles. The molecule has 4 nitrogen and oxygen atoms in total. The third-order valence-corrected chi connectivity index (χ3v) is 1.66. The molecule has 13 heavy (non-hydrogen) atoms. The number of hydrogen-bond acceptors (Lipinski definition) is 3. The highest BCUT2D eigenvalue weighted by atomic mass is 31.2. The van der Waals surface area contributed by atoms with Crippen LogP contribution in [0.4, 0.5) is 0 Å². The Labute approximate surface area is 78.8 Å². The largest absolute Gasteiger partial charge is 0.472 e. The predicted octanol–water partition coefficient (Wildman–Crippen LogP) is 2.29. The molecule has 0 aliphatic rings. The van der Waals surface area contributed by atoms with E-state index in [9.17, 15) is 4.57 Å². The molecule has 0 aliphatic heterocycles. The summed E-state index contributed by atoms with van der Waals surface area (Å²) in [7, 11) is -3.87. The molecule has 0 saturated carbocycles. The number of hydrogen-bond donors (Lipinski definition) is 1. The quantitative estimate of drug-likeness (QED) is 0.535. The van der Waals surface area contributed by atoms with Gasteiger partial charge in [-0.1, -0.05) is 12.2 Å². The molecule has 0 aromatic heterocycles. The first-order valence-electron chi connectivity index (χ1n) is 3.46. The summed E-state index contributed by atoms with van der Waals surface area (Å²) in [6.07, 6.45) is 2.72. The molecular formula is C8H15O4P. The van der Waals surface area contributed by atoms with Crippen molar-refractivity contribution in [3.05, 3.63) is 38.5 Å². The van der Waals surface area contributed by atoms with Gasteiger partial charge in [-0.15, -0.1) is 26.3 Å². The van der Waals surface area contributed by atoms with Crippen LogP contribution in [-0.2, 0) is 13.6 Å². The maximum Gasteiger partial charge on any atom is 0.472 e. The molecule has 5 heteroatoms. The van der Waals surface area contributed by atoms with Crippen molar-refractivity contribution in [1.82, 2.24) is 0 Å². The highest BCUT2D eigenvalue weighted by Crippen LogP contribution is 2.42. The second-order valence-electron chi connectivity index (χ2n) is 1.64. The average Bonchev–Trinajstić information content (AvgIpc) is 2.15. The number of phosphoric ester groups is 1.